The van der Waals surface area contributed by atoms with Gasteiger partial charge in [-0.15, -0.1) is 11.3 Å². The molecule has 118 valence electrons. The zero-order chi connectivity index (χ0) is 16.3. The minimum absolute atomic E-state index is 0.142. The largest absolute Gasteiger partial charge is 0.416 e. The number of hydrogen-bond donors (Lipinski definition) is 1. The van der Waals surface area contributed by atoms with Gasteiger partial charge in [0.25, 0.3) is 5.91 Å². The lowest BCUT2D eigenvalue weighted by atomic mass is 10.1. The molecule has 6 heteroatoms. The van der Waals surface area contributed by atoms with Crippen molar-refractivity contribution < 1.29 is 18.0 Å². The van der Waals surface area contributed by atoms with Crippen LogP contribution in [0.2, 0.25) is 0 Å². The van der Waals surface area contributed by atoms with Crippen molar-refractivity contribution in [2.24, 2.45) is 0 Å². The Morgan fingerprint density at radius 3 is 2.64 bits per heavy atom. The van der Waals surface area contributed by atoms with Crippen molar-refractivity contribution >= 4 is 22.9 Å². The minimum atomic E-state index is -4.42. The van der Waals surface area contributed by atoms with E-state index in [0.29, 0.717) is 4.88 Å². The first-order valence-electron chi connectivity index (χ1n) is 6.89. The fourth-order valence-corrected chi connectivity index (χ4v) is 3.08. The lowest BCUT2D eigenvalue weighted by Gasteiger charge is -2.09. The molecular weight excluding hydrogens is 311 g/mol. The molecule has 0 spiro atoms. The molecule has 2 nitrogen and oxygen atoms in total. The molecule has 0 saturated carbocycles. The Morgan fingerprint density at radius 1 is 1.27 bits per heavy atom. The monoisotopic (exact) mass is 327 g/mol. The van der Waals surface area contributed by atoms with Crippen LogP contribution in [0.25, 0.3) is 0 Å². The molecule has 0 aliphatic rings. The summed E-state index contributed by atoms with van der Waals surface area (Å²) in [5, 5.41) is 2.52. The van der Waals surface area contributed by atoms with Crippen LogP contribution >= 0.6 is 11.3 Å². The number of benzene rings is 1. The lowest BCUT2D eigenvalue weighted by molar-refractivity contribution is -0.137. The molecule has 2 aromatic rings. The van der Waals surface area contributed by atoms with Crippen molar-refractivity contribution in [2.45, 2.75) is 32.9 Å². The maximum Gasteiger partial charge on any atom is 0.416 e. The summed E-state index contributed by atoms with van der Waals surface area (Å²) < 4.78 is 38.0. The van der Waals surface area contributed by atoms with E-state index in [1.165, 1.54) is 23.5 Å². The topological polar surface area (TPSA) is 29.1 Å². The molecule has 0 saturated heterocycles. The Balaban J connectivity index is 2.17. The second-order valence-corrected chi connectivity index (χ2v) is 6.23. The van der Waals surface area contributed by atoms with Gasteiger partial charge in [0, 0.05) is 10.6 Å². The van der Waals surface area contributed by atoms with Gasteiger partial charge in [0.05, 0.1) is 10.4 Å². The van der Waals surface area contributed by atoms with Crippen molar-refractivity contribution in [1.82, 2.24) is 0 Å². The molecule has 1 amide bonds. The van der Waals surface area contributed by atoms with Crippen molar-refractivity contribution in [3.8, 4) is 0 Å². The molecule has 0 fully saturated rings. The van der Waals surface area contributed by atoms with Crippen LogP contribution < -0.4 is 5.32 Å². The molecule has 0 bridgehead atoms. The normalized spacial score (nSPS) is 11.5. The van der Waals surface area contributed by atoms with Gasteiger partial charge < -0.3 is 5.32 Å². The zero-order valence-corrected chi connectivity index (χ0v) is 13.1. The second-order valence-electron chi connectivity index (χ2n) is 4.97. The van der Waals surface area contributed by atoms with Gasteiger partial charge in [-0.3, -0.25) is 4.79 Å². The Kier molecular flexibility index (Phi) is 4.90. The van der Waals surface area contributed by atoms with Gasteiger partial charge in [-0.25, -0.2) is 0 Å². The number of carbonyl (C=O) groups excluding carboxylic acids is 1. The van der Waals surface area contributed by atoms with Crippen LogP contribution in [0, 0.1) is 6.92 Å². The SMILES string of the molecule is CCCc1cc(C(=O)Nc2cccc(C(F)(F)F)c2)sc1C. The van der Waals surface area contributed by atoms with E-state index in [1.54, 1.807) is 0 Å². The molecule has 0 aliphatic carbocycles. The average Bonchev–Trinajstić information content (AvgIpc) is 2.80. The number of thiophene rings is 1. The van der Waals surface area contributed by atoms with E-state index in [1.807, 2.05) is 13.0 Å². The lowest BCUT2D eigenvalue weighted by Crippen LogP contribution is -2.11. The number of nitrogens with one attached hydrogen (secondary N) is 1. The highest BCUT2D eigenvalue weighted by Crippen LogP contribution is 2.31. The van der Waals surface area contributed by atoms with Gasteiger partial charge in [-0.2, -0.15) is 13.2 Å². The van der Waals surface area contributed by atoms with Gasteiger partial charge in [-0.05, 0) is 43.2 Å². The highest BCUT2D eigenvalue weighted by atomic mass is 32.1. The van der Waals surface area contributed by atoms with Gasteiger partial charge in [-0.1, -0.05) is 19.4 Å². The highest BCUT2D eigenvalue weighted by Gasteiger charge is 2.30. The first-order valence-corrected chi connectivity index (χ1v) is 7.71. The van der Waals surface area contributed by atoms with E-state index >= 15 is 0 Å². The van der Waals surface area contributed by atoms with E-state index in [4.69, 9.17) is 0 Å². The van der Waals surface area contributed by atoms with E-state index in [-0.39, 0.29) is 11.6 Å². The van der Waals surface area contributed by atoms with Crippen molar-refractivity contribution in [3.63, 3.8) is 0 Å². The maximum atomic E-state index is 12.7. The third-order valence-electron chi connectivity index (χ3n) is 3.21. The fourth-order valence-electron chi connectivity index (χ4n) is 2.12. The number of hydrogen-bond acceptors (Lipinski definition) is 2. The first-order chi connectivity index (χ1) is 10.3. The quantitative estimate of drug-likeness (QED) is 0.813. The Hall–Kier alpha value is -1.82. The summed E-state index contributed by atoms with van der Waals surface area (Å²) in [4.78, 5) is 13.7. The zero-order valence-electron chi connectivity index (χ0n) is 12.3. The minimum Gasteiger partial charge on any atom is -0.321 e. The summed E-state index contributed by atoms with van der Waals surface area (Å²) in [5.41, 5.74) is 0.476. The molecule has 1 N–H and O–H groups in total. The van der Waals surface area contributed by atoms with Crippen LogP contribution in [0.15, 0.2) is 30.3 Å². The Bertz CT molecular complexity index is 676. The average molecular weight is 327 g/mol. The van der Waals surface area contributed by atoms with Crippen LogP contribution in [0.3, 0.4) is 0 Å². The number of amides is 1. The summed E-state index contributed by atoms with van der Waals surface area (Å²) in [6.07, 6.45) is -2.56. The van der Waals surface area contributed by atoms with Crippen LogP contribution in [0.5, 0.6) is 0 Å². The predicted octanol–water partition coefficient (Wildman–Crippen LogP) is 5.28. The molecule has 0 atom stereocenters. The van der Waals surface area contributed by atoms with Crippen LogP contribution in [0.4, 0.5) is 18.9 Å². The standard InChI is InChI=1S/C16H16F3NOS/c1-3-5-11-8-14(22-10(11)2)15(21)20-13-7-4-6-12(9-13)16(17,18)19/h4,6-9H,3,5H2,1-2H3,(H,20,21). The third-order valence-corrected chi connectivity index (χ3v) is 4.30. The second kappa shape index (κ2) is 6.52. The number of anilines is 1. The van der Waals surface area contributed by atoms with Crippen molar-refractivity contribution in [1.29, 1.82) is 0 Å². The highest BCUT2D eigenvalue weighted by molar-refractivity contribution is 7.14. The van der Waals surface area contributed by atoms with E-state index in [9.17, 15) is 18.0 Å². The first kappa shape index (κ1) is 16.5. The number of halogens is 3. The molecule has 2 rings (SSSR count). The number of rotatable bonds is 4. The number of alkyl halides is 3. The van der Waals surface area contributed by atoms with Gasteiger partial charge in [0.1, 0.15) is 0 Å². The Labute approximate surface area is 131 Å². The number of aryl methyl sites for hydroxylation is 2. The van der Waals surface area contributed by atoms with E-state index < -0.39 is 11.7 Å². The molecule has 0 unspecified atom stereocenters. The summed E-state index contributed by atoms with van der Waals surface area (Å²) in [6, 6.07) is 6.45. The van der Waals surface area contributed by atoms with E-state index in [0.717, 1.165) is 35.4 Å². The van der Waals surface area contributed by atoms with Gasteiger partial charge >= 0.3 is 6.18 Å². The van der Waals surface area contributed by atoms with Gasteiger partial charge in [0.15, 0.2) is 0 Å². The van der Waals surface area contributed by atoms with Crippen molar-refractivity contribution in [3.05, 3.63) is 51.2 Å². The smallest absolute Gasteiger partial charge is 0.321 e. The summed E-state index contributed by atoms with van der Waals surface area (Å²) in [5.74, 6) is -0.380. The molecule has 0 radical (unpaired) electrons. The molecule has 1 heterocycles. The fraction of sp³-hybridized carbons (Fsp3) is 0.312. The maximum absolute atomic E-state index is 12.7. The van der Waals surface area contributed by atoms with Gasteiger partial charge in [0.2, 0.25) is 0 Å². The van der Waals surface area contributed by atoms with Crippen LogP contribution in [0.1, 0.15) is 39.0 Å². The summed E-state index contributed by atoms with van der Waals surface area (Å²) in [7, 11) is 0. The molecule has 1 aromatic heterocycles. The van der Waals surface area contributed by atoms with Crippen LogP contribution in [-0.4, -0.2) is 5.91 Å². The third kappa shape index (κ3) is 3.88. The van der Waals surface area contributed by atoms with E-state index in [2.05, 4.69) is 12.2 Å². The summed E-state index contributed by atoms with van der Waals surface area (Å²) in [6.45, 7) is 4.00. The van der Waals surface area contributed by atoms with Crippen molar-refractivity contribution in [2.75, 3.05) is 5.32 Å². The molecule has 22 heavy (non-hydrogen) atoms. The van der Waals surface area contributed by atoms with Crippen LogP contribution in [-0.2, 0) is 12.6 Å². The molecule has 1 aromatic carbocycles. The Morgan fingerprint density at radius 2 is 2.00 bits per heavy atom. The predicted molar refractivity (Wildman–Crippen MR) is 82.4 cm³/mol. The molecule has 0 aliphatic heterocycles. The molecular formula is C16H16F3NOS. The number of carbonyl (C=O) groups is 1. The summed E-state index contributed by atoms with van der Waals surface area (Å²) >= 11 is 1.36.